The van der Waals surface area contributed by atoms with Gasteiger partial charge in [-0.25, -0.2) is 9.59 Å². The minimum Gasteiger partial charge on any atom is -0.469 e. The molecule has 0 radical (unpaired) electrons. The Bertz CT molecular complexity index is 648. The molecule has 1 rings (SSSR count). The quantitative estimate of drug-likeness (QED) is 0.479. The molecular formula is C18H24N2O7. The van der Waals surface area contributed by atoms with E-state index in [1.807, 2.05) is 18.2 Å². The first kappa shape index (κ1) is 21.9. The van der Waals surface area contributed by atoms with Gasteiger partial charge in [0.05, 0.1) is 20.1 Å². The number of methoxy groups -OCH3 is 2. The number of amides is 2. The molecule has 148 valence electrons. The maximum Gasteiger partial charge on any atom is 0.407 e. The van der Waals surface area contributed by atoms with Crippen molar-refractivity contribution in [3.8, 4) is 0 Å². The van der Waals surface area contributed by atoms with Gasteiger partial charge in [-0.3, -0.25) is 9.59 Å². The molecular weight excluding hydrogens is 356 g/mol. The molecule has 9 heteroatoms. The number of ether oxygens (including phenoxy) is 3. The number of hydrogen-bond acceptors (Lipinski definition) is 7. The third kappa shape index (κ3) is 8.21. The van der Waals surface area contributed by atoms with Crippen molar-refractivity contribution in [3.63, 3.8) is 0 Å². The van der Waals surface area contributed by atoms with Gasteiger partial charge in [0.2, 0.25) is 5.91 Å². The lowest BCUT2D eigenvalue weighted by Gasteiger charge is -2.19. The number of benzene rings is 1. The highest BCUT2D eigenvalue weighted by Gasteiger charge is 2.27. The second-order valence-corrected chi connectivity index (χ2v) is 5.72. The predicted octanol–water partition coefficient (Wildman–Crippen LogP) is 0.770. The molecule has 0 aliphatic heterocycles. The summed E-state index contributed by atoms with van der Waals surface area (Å²) in [6, 6.07) is 8.01. The maximum absolute atomic E-state index is 12.0. The van der Waals surface area contributed by atoms with Crippen LogP contribution in [0.2, 0.25) is 0 Å². The Morgan fingerprint density at radius 3 is 2.22 bits per heavy atom. The van der Waals surface area contributed by atoms with E-state index in [1.54, 1.807) is 19.1 Å². The van der Waals surface area contributed by atoms with E-state index in [-0.39, 0.29) is 13.0 Å². The molecule has 2 atom stereocenters. The summed E-state index contributed by atoms with van der Waals surface area (Å²) < 4.78 is 14.2. The molecule has 27 heavy (non-hydrogen) atoms. The van der Waals surface area contributed by atoms with Crippen LogP contribution in [0.1, 0.15) is 18.9 Å². The summed E-state index contributed by atoms with van der Waals surface area (Å²) in [4.78, 5) is 46.9. The van der Waals surface area contributed by atoms with E-state index in [4.69, 9.17) is 4.74 Å². The van der Waals surface area contributed by atoms with Crippen molar-refractivity contribution >= 4 is 23.9 Å². The Morgan fingerprint density at radius 1 is 1.00 bits per heavy atom. The molecule has 0 heterocycles. The van der Waals surface area contributed by atoms with Gasteiger partial charge in [-0.2, -0.15) is 0 Å². The third-order valence-electron chi connectivity index (χ3n) is 3.62. The van der Waals surface area contributed by atoms with Crippen molar-refractivity contribution in [2.45, 2.75) is 26.0 Å². The standard InChI is InChI=1S/C18H24N2O7/c1-12(16(22)25-2)9-14(17(23)26-3)20-15(21)10-19-18(24)27-11-13-7-5-4-6-8-13/h4-8,12,14H,9-11H2,1-3H3,(H,19,24)(H,20,21)/t12-,14-/m1/s1. The second-order valence-electron chi connectivity index (χ2n) is 5.72. The highest BCUT2D eigenvalue weighted by atomic mass is 16.5. The lowest BCUT2D eigenvalue weighted by molar-refractivity contribution is -0.148. The highest BCUT2D eigenvalue weighted by molar-refractivity contribution is 5.87. The summed E-state index contributed by atoms with van der Waals surface area (Å²) in [5.74, 6) is -2.46. The van der Waals surface area contributed by atoms with Gasteiger partial charge >= 0.3 is 18.0 Å². The van der Waals surface area contributed by atoms with E-state index >= 15 is 0 Å². The zero-order valence-electron chi connectivity index (χ0n) is 15.5. The van der Waals surface area contributed by atoms with Gasteiger partial charge in [0.1, 0.15) is 19.2 Å². The maximum atomic E-state index is 12.0. The van der Waals surface area contributed by atoms with Crippen molar-refractivity contribution in [1.29, 1.82) is 0 Å². The van der Waals surface area contributed by atoms with Crippen molar-refractivity contribution in [3.05, 3.63) is 35.9 Å². The lowest BCUT2D eigenvalue weighted by Crippen LogP contribution is -2.47. The molecule has 0 saturated heterocycles. The molecule has 0 aliphatic rings. The SMILES string of the molecule is COC(=O)[C@H](C)C[C@@H](NC(=O)CNC(=O)OCc1ccccc1)C(=O)OC. The van der Waals surface area contributed by atoms with Crippen LogP contribution in [0.3, 0.4) is 0 Å². The minimum absolute atomic E-state index is 0.00351. The summed E-state index contributed by atoms with van der Waals surface area (Å²) in [5, 5.41) is 4.70. The van der Waals surface area contributed by atoms with Gasteiger partial charge in [-0.05, 0) is 12.0 Å². The molecule has 9 nitrogen and oxygen atoms in total. The van der Waals surface area contributed by atoms with Crippen LogP contribution in [0.15, 0.2) is 30.3 Å². The number of rotatable bonds is 9. The van der Waals surface area contributed by atoms with Crippen LogP contribution >= 0.6 is 0 Å². The van der Waals surface area contributed by atoms with Gasteiger partial charge in [-0.1, -0.05) is 37.3 Å². The fourth-order valence-electron chi connectivity index (χ4n) is 2.18. The first-order chi connectivity index (χ1) is 12.9. The van der Waals surface area contributed by atoms with Gasteiger partial charge in [-0.15, -0.1) is 0 Å². The van der Waals surface area contributed by atoms with E-state index in [9.17, 15) is 19.2 Å². The number of nitrogens with one attached hydrogen (secondary N) is 2. The van der Waals surface area contributed by atoms with Crippen molar-refractivity contribution in [1.82, 2.24) is 10.6 Å². The third-order valence-corrected chi connectivity index (χ3v) is 3.62. The van der Waals surface area contributed by atoms with E-state index in [1.165, 1.54) is 14.2 Å². The molecule has 2 amide bonds. The number of carbonyl (C=O) groups excluding carboxylic acids is 4. The Balaban J connectivity index is 2.45. The fraction of sp³-hybridized carbons (Fsp3) is 0.444. The van der Waals surface area contributed by atoms with Crippen molar-refractivity contribution in [2.24, 2.45) is 5.92 Å². The molecule has 0 spiro atoms. The fourth-order valence-corrected chi connectivity index (χ4v) is 2.18. The number of hydrogen-bond donors (Lipinski definition) is 2. The van der Waals surface area contributed by atoms with Crippen LogP contribution in [0.5, 0.6) is 0 Å². The largest absolute Gasteiger partial charge is 0.469 e. The molecule has 0 fully saturated rings. The molecule has 0 saturated carbocycles. The average molecular weight is 380 g/mol. The zero-order valence-corrected chi connectivity index (χ0v) is 15.5. The molecule has 2 N–H and O–H groups in total. The Kier molecular flexibility index (Phi) is 9.35. The monoisotopic (exact) mass is 380 g/mol. The molecule has 0 aromatic heterocycles. The minimum atomic E-state index is -1.04. The Labute approximate surface area is 157 Å². The van der Waals surface area contributed by atoms with Crippen LogP contribution in [-0.4, -0.2) is 50.7 Å². The molecule has 0 bridgehead atoms. The summed E-state index contributed by atoms with van der Waals surface area (Å²) in [5.41, 5.74) is 0.805. The normalized spacial score (nSPS) is 12.3. The van der Waals surface area contributed by atoms with E-state index in [2.05, 4.69) is 20.1 Å². The number of alkyl carbamates (subject to hydrolysis) is 1. The van der Waals surface area contributed by atoms with Crippen LogP contribution in [0.4, 0.5) is 4.79 Å². The first-order valence-electron chi connectivity index (χ1n) is 8.27. The van der Waals surface area contributed by atoms with E-state index in [0.29, 0.717) is 0 Å². The smallest absolute Gasteiger partial charge is 0.407 e. The molecule has 1 aromatic carbocycles. The Hall–Kier alpha value is -3.10. The second kappa shape index (κ2) is 11.5. The summed E-state index contributed by atoms with van der Waals surface area (Å²) in [6.07, 6.45) is -0.768. The number of carbonyl (C=O) groups is 4. The van der Waals surface area contributed by atoms with Crippen LogP contribution < -0.4 is 10.6 Å². The molecule has 0 unspecified atom stereocenters. The summed E-state index contributed by atoms with van der Waals surface area (Å²) in [6.45, 7) is 1.23. The van der Waals surface area contributed by atoms with E-state index in [0.717, 1.165) is 5.56 Å². The molecule has 0 aliphatic carbocycles. The van der Waals surface area contributed by atoms with Gasteiger partial charge in [0.15, 0.2) is 0 Å². The number of esters is 2. The summed E-state index contributed by atoms with van der Waals surface area (Å²) >= 11 is 0. The highest BCUT2D eigenvalue weighted by Crippen LogP contribution is 2.09. The topological polar surface area (TPSA) is 120 Å². The first-order valence-corrected chi connectivity index (χ1v) is 8.27. The predicted molar refractivity (Wildman–Crippen MR) is 94.4 cm³/mol. The van der Waals surface area contributed by atoms with Crippen molar-refractivity contribution < 1.29 is 33.4 Å². The average Bonchev–Trinajstić information content (AvgIpc) is 2.69. The Morgan fingerprint density at radius 2 is 1.63 bits per heavy atom. The van der Waals surface area contributed by atoms with E-state index < -0.39 is 42.4 Å². The zero-order chi connectivity index (χ0) is 20.2. The van der Waals surface area contributed by atoms with Crippen LogP contribution in [0, 0.1) is 5.92 Å². The van der Waals surface area contributed by atoms with Gasteiger partial charge < -0.3 is 24.8 Å². The van der Waals surface area contributed by atoms with Gasteiger partial charge in [0, 0.05) is 0 Å². The lowest BCUT2D eigenvalue weighted by atomic mass is 10.0. The van der Waals surface area contributed by atoms with Gasteiger partial charge in [0.25, 0.3) is 0 Å². The molecule has 1 aromatic rings. The van der Waals surface area contributed by atoms with Crippen LogP contribution in [0.25, 0.3) is 0 Å². The summed E-state index contributed by atoms with van der Waals surface area (Å²) in [7, 11) is 2.40. The van der Waals surface area contributed by atoms with Crippen molar-refractivity contribution in [2.75, 3.05) is 20.8 Å². The van der Waals surface area contributed by atoms with Crippen LogP contribution in [-0.2, 0) is 35.2 Å².